The molecule has 0 heterocycles. The molecule has 1 aromatic carbocycles. The van der Waals surface area contributed by atoms with Gasteiger partial charge in [0.1, 0.15) is 18.3 Å². The molecule has 2 N–H and O–H groups in total. The fourth-order valence-electron chi connectivity index (χ4n) is 1.99. The molecule has 0 bridgehead atoms. The van der Waals surface area contributed by atoms with Crippen LogP contribution < -0.4 is 15.4 Å². The Morgan fingerprint density at radius 2 is 1.83 bits per heavy atom. The van der Waals surface area contributed by atoms with Crippen molar-refractivity contribution in [1.29, 1.82) is 0 Å². The minimum atomic E-state index is -4.51. The van der Waals surface area contributed by atoms with E-state index in [9.17, 15) is 22.8 Å². The number of hydrogen-bond acceptors (Lipinski definition) is 3. The average Bonchev–Trinajstić information content (AvgIpc) is 2.50. The predicted octanol–water partition coefficient (Wildman–Crippen LogP) is 2.52. The quantitative estimate of drug-likeness (QED) is 0.797. The molecule has 0 spiro atoms. The lowest BCUT2D eigenvalue weighted by Gasteiger charge is -2.22. The fraction of sp³-hybridized carbons (Fsp3) is 0.500. The third kappa shape index (κ3) is 6.10. The van der Waals surface area contributed by atoms with E-state index >= 15 is 0 Å². The number of carbonyl (C=O) groups is 2. The molecule has 0 aliphatic heterocycles. The van der Waals surface area contributed by atoms with Crippen molar-refractivity contribution in [3.05, 3.63) is 29.8 Å². The SMILES string of the molecule is CCOc1ccccc1C(=O)NC(C(=O)NCC(F)(F)F)C(C)C. The van der Waals surface area contributed by atoms with Crippen molar-refractivity contribution in [2.75, 3.05) is 13.2 Å². The number of alkyl halides is 3. The van der Waals surface area contributed by atoms with Crippen LogP contribution in [-0.2, 0) is 4.79 Å². The van der Waals surface area contributed by atoms with E-state index in [1.165, 1.54) is 6.07 Å². The van der Waals surface area contributed by atoms with Gasteiger partial charge in [-0.25, -0.2) is 0 Å². The summed E-state index contributed by atoms with van der Waals surface area (Å²) in [5.74, 6) is -1.51. The van der Waals surface area contributed by atoms with E-state index < -0.39 is 30.6 Å². The van der Waals surface area contributed by atoms with Gasteiger partial charge in [-0.15, -0.1) is 0 Å². The minimum absolute atomic E-state index is 0.216. The molecule has 8 heteroatoms. The molecule has 0 saturated carbocycles. The lowest BCUT2D eigenvalue weighted by atomic mass is 10.0. The maximum Gasteiger partial charge on any atom is 0.405 e. The Balaban J connectivity index is 2.85. The third-order valence-corrected chi connectivity index (χ3v) is 3.13. The molecule has 2 amide bonds. The van der Waals surface area contributed by atoms with Crippen LogP contribution in [0.2, 0.25) is 0 Å². The van der Waals surface area contributed by atoms with Crippen LogP contribution >= 0.6 is 0 Å². The summed E-state index contributed by atoms with van der Waals surface area (Å²) in [4.78, 5) is 24.3. The van der Waals surface area contributed by atoms with E-state index in [0.717, 1.165) is 0 Å². The number of ether oxygens (including phenoxy) is 1. The van der Waals surface area contributed by atoms with Crippen molar-refractivity contribution in [3.8, 4) is 5.75 Å². The Morgan fingerprint density at radius 1 is 1.21 bits per heavy atom. The highest BCUT2D eigenvalue weighted by Gasteiger charge is 2.31. The summed E-state index contributed by atoms with van der Waals surface area (Å²) >= 11 is 0. The molecule has 1 atom stereocenters. The van der Waals surface area contributed by atoms with Gasteiger partial charge < -0.3 is 15.4 Å². The van der Waals surface area contributed by atoms with Gasteiger partial charge >= 0.3 is 6.18 Å². The zero-order valence-corrected chi connectivity index (χ0v) is 13.7. The van der Waals surface area contributed by atoms with E-state index in [4.69, 9.17) is 4.74 Å². The van der Waals surface area contributed by atoms with Gasteiger partial charge in [0.25, 0.3) is 5.91 Å². The standard InChI is InChI=1S/C16H21F3N2O3/c1-4-24-12-8-6-5-7-11(12)14(22)21-13(10(2)3)15(23)20-9-16(17,18)19/h5-8,10,13H,4,9H2,1-3H3,(H,20,23)(H,21,22). The zero-order valence-electron chi connectivity index (χ0n) is 13.7. The van der Waals surface area contributed by atoms with Crippen molar-refractivity contribution >= 4 is 11.8 Å². The predicted molar refractivity (Wildman–Crippen MR) is 82.8 cm³/mol. The zero-order chi connectivity index (χ0) is 18.3. The summed E-state index contributed by atoms with van der Waals surface area (Å²) in [6.45, 7) is 3.93. The van der Waals surface area contributed by atoms with E-state index in [1.54, 1.807) is 44.3 Å². The molecule has 0 fully saturated rings. The first-order chi connectivity index (χ1) is 11.2. The lowest BCUT2D eigenvalue weighted by molar-refractivity contribution is -0.140. The van der Waals surface area contributed by atoms with Crippen LogP contribution in [0.1, 0.15) is 31.1 Å². The topological polar surface area (TPSA) is 67.4 Å². The fourth-order valence-corrected chi connectivity index (χ4v) is 1.99. The van der Waals surface area contributed by atoms with Crippen molar-refractivity contribution in [2.24, 2.45) is 5.92 Å². The average molecular weight is 346 g/mol. The molecular formula is C16H21F3N2O3. The number of rotatable bonds is 7. The van der Waals surface area contributed by atoms with Crippen LogP contribution in [0.4, 0.5) is 13.2 Å². The van der Waals surface area contributed by atoms with Crippen LogP contribution in [0.3, 0.4) is 0 Å². The maximum atomic E-state index is 12.4. The molecule has 0 aliphatic rings. The van der Waals surface area contributed by atoms with Crippen LogP contribution in [0.15, 0.2) is 24.3 Å². The van der Waals surface area contributed by atoms with E-state index in [0.29, 0.717) is 12.4 Å². The van der Waals surface area contributed by atoms with Crippen molar-refractivity contribution in [3.63, 3.8) is 0 Å². The molecule has 0 saturated heterocycles. The first kappa shape index (κ1) is 19.8. The van der Waals surface area contributed by atoms with Crippen LogP contribution in [0.5, 0.6) is 5.75 Å². The van der Waals surface area contributed by atoms with E-state index in [1.807, 2.05) is 0 Å². The molecule has 0 radical (unpaired) electrons. The summed E-state index contributed by atoms with van der Waals surface area (Å²) in [5, 5.41) is 4.26. The molecular weight excluding hydrogens is 325 g/mol. The Morgan fingerprint density at radius 3 is 2.38 bits per heavy atom. The number of carbonyl (C=O) groups excluding carboxylic acids is 2. The number of amides is 2. The van der Waals surface area contributed by atoms with Gasteiger partial charge in [-0.1, -0.05) is 26.0 Å². The highest BCUT2D eigenvalue weighted by molar-refractivity contribution is 5.99. The highest BCUT2D eigenvalue weighted by Crippen LogP contribution is 2.18. The number of hydrogen-bond donors (Lipinski definition) is 2. The van der Waals surface area contributed by atoms with Crippen molar-refractivity contribution in [2.45, 2.75) is 33.0 Å². The second-order valence-electron chi connectivity index (χ2n) is 5.46. The summed E-state index contributed by atoms with van der Waals surface area (Å²) in [6, 6.07) is 5.36. The van der Waals surface area contributed by atoms with Crippen molar-refractivity contribution < 1.29 is 27.5 Å². The number of para-hydroxylation sites is 1. The molecule has 0 aliphatic carbocycles. The van der Waals surface area contributed by atoms with Crippen LogP contribution in [0.25, 0.3) is 0 Å². The maximum absolute atomic E-state index is 12.4. The second kappa shape index (κ2) is 8.56. The monoisotopic (exact) mass is 346 g/mol. The number of halogens is 3. The van der Waals surface area contributed by atoms with E-state index in [2.05, 4.69) is 5.32 Å². The van der Waals surface area contributed by atoms with Gasteiger partial charge in [0.15, 0.2) is 0 Å². The smallest absolute Gasteiger partial charge is 0.405 e. The second-order valence-corrected chi connectivity index (χ2v) is 5.46. The Hall–Kier alpha value is -2.25. The van der Waals surface area contributed by atoms with Crippen LogP contribution in [0, 0.1) is 5.92 Å². The molecule has 0 aromatic heterocycles. The number of benzene rings is 1. The lowest BCUT2D eigenvalue weighted by Crippen LogP contribution is -2.51. The molecule has 134 valence electrons. The normalized spacial score (nSPS) is 12.6. The summed E-state index contributed by atoms with van der Waals surface area (Å²) in [6.07, 6.45) is -4.51. The van der Waals surface area contributed by atoms with Gasteiger partial charge in [0.05, 0.1) is 12.2 Å². The molecule has 24 heavy (non-hydrogen) atoms. The van der Waals surface area contributed by atoms with Gasteiger partial charge in [0.2, 0.25) is 5.91 Å². The van der Waals surface area contributed by atoms with E-state index in [-0.39, 0.29) is 11.5 Å². The Labute approximate surface area is 138 Å². The minimum Gasteiger partial charge on any atom is -0.493 e. The molecule has 1 aromatic rings. The van der Waals surface area contributed by atoms with Gasteiger partial charge in [-0.3, -0.25) is 9.59 Å². The summed E-state index contributed by atoms with van der Waals surface area (Å²) < 4.78 is 42.0. The largest absolute Gasteiger partial charge is 0.493 e. The first-order valence-corrected chi connectivity index (χ1v) is 7.52. The number of nitrogens with one attached hydrogen (secondary N) is 2. The highest BCUT2D eigenvalue weighted by atomic mass is 19.4. The summed E-state index contributed by atoms with van der Waals surface area (Å²) in [5.41, 5.74) is 0.216. The van der Waals surface area contributed by atoms with Crippen LogP contribution in [-0.4, -0.2) is 37.2 Å². The third-order valence-electron chi connectivity index (χ3n) is 3.13. The van der Waals surface area contributed by atoms with Gasteiger partial charge in [-0.2, -0.15) is 13.2 Å². The Bertz CT molecular complexity index is 574. The molecule has 1 rings (SSSR count). The van der Waals surface area contributed by atoms with Gasteiger partial charge in [-0.05, 0) is 25.0 Å². The van der Waals surface area contributed by atoms with Crippen molar-refractivity contribution in [1.82, 2.24) is 10.6 Å². The first-order valence-electron chi connectivity index (χ1n) is 7.52. The molecule has 1 unspecified atom stereocenters. The molecule has 5 nitrogen and oxygen atoms in total. The summed E-state index contributed by atoms with van der Waals surface area (Å²) in [7, 11) is 0. The van der Waals surface area contributed by atoms with Gasteiger partial charge in [0, 0.05) is 0 Å². The Kier molecular flexibility index (Phi) is 7.06.